The van der Waals surface area contributed by atoms with Gasteiger partial charge in [-0.25, -0.2) is 9.69 Å². The summed E-state index contributed by atoms with van der Waals surface area (Å²) >= 11 is 0. The Morgan fingerprint density at radius 3 is 2.82 bits per heavy atom. The largest absolute Gasteiger partial charge is 0.361 e. The van der Waals surface area contributed by atoms with Crippen molar-refractivity contribution in [2.45, 2.75) is 6.92 Å². The van der Waals surface area contributed by atoms with E-state index in [2.05, 4.69) is 5.32 Å². The molecule has 1 fully saturated rings. The van der Waals surface area contributed by atoms with Crippen LogP contribution in [0.25, 0.3) is 0 Å². The number of hydrogen-bond donors (Lipinski definition) is 1. The molecular weight excluding hydrogens is 148 g/mol. The van der Waals surface area contributed by atoms with E-state index >= 15 is 0 Å². The minimum atomic E-state index is -0.372. The van der Waals surface area contributed by atoms with Crippen LogP contribution in [0.3, 0.4) is 0 Å². The summed E-state index contributed by atoms with van der Waals surface area (Å²) < 4.78 is 4.90. The van der Waals surface area contributed by atoms with Crippen molar-refractivity contribution >= 4 is 11.9 Å². The first-order valence-corrected chi connectivity index (χ1v) is 3.41. The zero-order valence-electron chi connectivity index (χ0n) is 6.29. The maximum Gasteiger partial charge on any atom is 0.326 e. The van der Waals surface area contributed by atoms with Crippen LogP contribution in [0.1, 0.15) is 6.92 Å². The smallest absolute Gasteiger partial charge is 0.326 e. The first-order chi connectivity index (χ1) is 5.25. The Labute approximate surface area is 64.3 Å². The molecule has 0 radical (unpaired) electrons. The van der Waals surface area contributed by atoms with Crippen molar-refractivity contribution in [2.75, 3.05) is 19.9 Å². The highest BCUT2D eigenvalue weighted by Crippen LogP contribution is 1.97. The fourth-order valence-electron chi connectivity index (χ4n) is 0.769. The molecule has 1 heterocycles. The maximum absolute atomic E-state index is 10.9. The summed E-state index contributed by atoms with van der Waals surface area (Å²) in [5.74, 6) is -0.233. The molecule has 0 atom stereocenters. The monoisotopic (exact) mass is 158 g/mol. The minimum absolute atomic E-state index is 0.0567. The lowest BCUT2D eigenvalue weighted by Gasteiger charge is -2.10. The Hall–Kier alpha value is -1.10. The fraction of sp³-hybridized carbons (Fsp3) is 0.667. The van der Waals surface area contributed by atoms with Crippen LogP contribution in [-0.2, 0) is 9.53 Å². The Morgan fingerprint density at radius 2 is 2.36 bits per heavy atom. The van der Waals surface area contributed by atoms with Gasteiger partial charge in [0, 0.05) is 6.61 Å². The van der Waals surface area contributed by atoms with E-state index in [9.17, 15) is 9.59 Å². The van der Waals surface area contributed by atoms with Crippen LogP contribution in [0.4, 0.5) is 4.79 Å². The predicted molar refractivity (Wildman–Crippen MR) is 36.7 cm³/mol. The van der Waals surface area contributed by atoms with Crippen LogP contribution in [0, 0.1) is 0 Å². The molecule has 0 spiro atoms. The number of imide groups is 1. The van der Waals surface area contributed by atoms with Gasteiger partial charge in [-0.2, -0.15) is 0 Å². The van der Waals surface area contributed by atoms with Gasteiger partial charge in [-0.15, -0.1) is 0 Å². The summed E-state index contributed by atoms with van der Waals surface area (Å²) in [5, 5.41) is 2.39. The number of amides is 3. The summed E-state index contributed by atoms with van der Waals surface area (Å²) in [6.45, 7) is 2.45. The fourth-order valence-corrected chi connectivity index (χ4v) is 0.769. The maximum atomic E-state index is 10.9. The molecule has 0 unspecified atom stereocenters. The molecule has 0 aromatic carbocycles. The summed E-state index contributed by atoms with van der Waals surface area (Å²) in [6.07, 6.45) is 0. The lowest BCUT2D eigenvalue weighted by Crippen LogP contribution is -2.33. The zero-order chi connectivity index (χ0) is 8.27. The van der Waals surface area contributed by atoms with Crippen molar-refractivity contribution in [1.29, 1.82) is 0 Å². The number of ether oxygens (including phenoxy) is 1. The van der Waals surface area contributed by atoms with Crippen LogP contribution >= 0.6 is 0 Å². The SMILES string of the molecule is CCOCN1C(=O)CNC1=O. The van der Waals surface area contributed by atoms with E-state index in [4.69, 9.17) is 4.74 Å². The number of hydrogen-bond acceptors (Lipinski definition) is 3. The highest BCUT2D eigenvalue weighted by Gasteiger charge is 2.27. The molecule has 0 aromatic rings. The van der Waals surface area contributed by atoms with Gasteiger partial charge in [0.05, 0.1) is 6.54 Å². The van der Waals surface area contributed by atoms with Crippen molar-refractivity contribution in [3.05, 3.63) is 0 Å². The Kier molecular flexibility index (Phi) is 2.43. The molecular formula is C6H10N2O3. The van der Waals surface area contributed by atoms with Crippen molar-refractivity contribution in [2.24, 2.45) is 0 Å². The number of carbonyl (C=O) groups excluding carboxylic acids is 2. The highest BCUT2D eigenvalue weighted by molar-refractivity contribution is 6.01. The molecule has 1 aliphatic heterocycles. The molecule has 5 heteroatoms. The number of nitrogens with zero attached hydrogens (tertiary/aromatic N) is 1. The quantitative estimate of drug-likeness (QED) is 0.565. The van der Waals surface area contributed by atoms with E-state index in [1.807, 2.05) is 0 Å². The van der Waals surface area contributed by atoms with Gasteiger partial charge >= 0.3 is 6.03 Å². The number of carbonyl (C=O) groups is 2. The van der Waals surface area contributed by atoms with Crippen molar-refractivity contribution < 1.29 is 14.3 Å². The summed E-state index contributed by atoms with van der Waals surface area (Å²) in [7, 11) is 0. The summed E-state index contributed by atoms with van der Waals surface area (Å²) in [6, 6.07) is -0.372. The van der Waals surface area contributed by atoms with Crippen LogP contribution in [0.2, 0.25) is 0 Å². The van der Waals surface area contributed by atoms with Gasteiger partial charge < -0.3 is 10.1 Å². The van der Waals surface area contributed by atoms with Gasteiger partial charge in [-0.3, -0.25) is 4.79 Å². The predicted octanol–water partition coefficient (Wildman–Crippen LogP) is -0.468. The Bertz CT molecular complexity index is 165. The lowest BCUT2D eigenvalue weighted by molar-refractivity contribution is -0.128. The second kappa shape index (κ2) is 3.34. The third-order valence-corrected chi connectivity index (χ3v) is 1.36. The van der Waals surface area contributed by atoms with Gasteiger partial charge in [0.15, 0.2) is 0 Å². The third kappa shape index (κ3) is 1.68. The topological polar surface area (TPSA) is 58.6 Å². The van der Waals surface area contributed by atoms with E-state index in [0.717, 1.165) is 4.90 Å². The molecule has 1 saturated heterocycles. The normalized spacial score (nSPS) is 17.4. The van der Waals surface area contributed by atoms with Gasteiger partial charge in [0.2, 0.25) is 0 Å². The molecule has 0 aliphatic carbocycles. The van der Waals surface area contributed by atoms with E-state index in [1.165, 1.54) is 0 Å². The van der Waals surface area contributed by atoms with Crippen LogP contribution in [0.5, 0.6) is 0 Å². The molecule has 11 heavy (non-hydrogen) atoms. The van der Waals surface area contributed by atoms with Gasteiger partial charge in [0.1, 0.15) is 6.73 Å². The lowest BCUT2D eigenvalue weighted by atomic mass is 10.6. The standard InChI is InChI=1S/C6H10N2O3/c1-2-11-4-8-5(9)3-7-6(8)10/h2-4H2,1H3,(H,7,10). The number of urea groups is 1. The Morgan fingerprint density at radius 1 is 1.64 bits per heavy atom. The first kappa shape index (κ1) is 8.00. The second-order valence-corrected chi connectivity index (χ2v) is 2.10. The molecule has 1 N–H and O–H groups in total. The first-order valence-electron chi connectivity index (χ1n) is 3.41. The van der Waals surface area contributed by atoms with Crippen molar-refractivity contribution in [3.8, 4) is 0 Å². The molecule has 0 bridgehead atoms. The van der Waals surface area contributed by atoms with Gasteiger partial charge in [-0.05, 0) is 6.92 Å². The van der Waals surface area contributed by atoms with Gasteiger partial charge in [0.25, 0.3) is 5.91 Å². The van der Waals surface area contributed by atoms with Crippen LogP contribution in [-0.4, -0.2) is 36.7 Å². The van der Waals surface area contributed by atoms with Crippen molar-refractivity contribution in [1.82, 2.24) is 10.2 Å². The second-order valence-electron chi connectivity index (χ2n) is 2.10. The molecule has 0 saturated carbocycles. The molecule has 5 nitrogen and oxygen atoms in total. The average Bonchev–Trinajstić information content (AvgIpc) is 2.29. The number of nitrogens with one attached hydrogen (secondary N) is 1. The van der Waals surface area contributed by atoms with E-state index < -0.39 is 0 Å². The van der Waals surface area contributed by atoms with E-state index in [-0.39, 0.29) is 25.2 Å². The third-order valence-electron chi connectivity index (χ3n) is 1.36. The summed E-state index contributed by atoms with van der Waals surface area (Å²) in [5.41, 5.74) is 0. The molecule has 0 aromatic heterocycles. The van der Waals surface area contributed by atoms with Gasteiger partial charge in [-0.1, -0.05) is 0 Å². The zero-order valence-corrected chi connectivity index (χ0v) is 6.29. The molecule has 1 rings (SSSR count). The van der Waals surface area contributed by atoms with E-state index in [1.54, 1.807) is 6.92 Å². The molecule has 3 amide bonds. The van der Waals surface area contributed by atoms with Crippen LogP contribution < -0.4 is 5.32 Å². The van der Waals surface area contributed by atoms with Crippen molar-refractivity contribution in [3.63, 3.8) is 0 Å². The number of rotatable bonds is 3. The average molecular weight is 158 g/mol. The molecule has 62 valence electrons. The van der Waals surface area contributed by atoms with E-state index in [0.29, 0.717) is 6.61 Å². The minimum Gasteiger partial charge on any atom is -0.361 e. The Balaban J connectivity index is 2.41. The molecule has 1 aliphatic rings. The highest BCUT2D eigenvalue weighted by atomic mass is 16.5. The summed E-state index contributed by atoms with van der Waals surface area (Å²) in [4.78, 5) is 22.7. The van der Waals surface area contributed by atoms with Crippen LogP contribution in [0.15, 0.2) is 0 Å².